The maximum atomic E-state index is 5.96. The summed E-state index contributed by atoms with van der Waals surface area (Å²) < 4.78 is 21.0. The molecule has 1 aliphatic rings. The van der Waals surface area contributed by atoms with E-state index in [9.17, 15) is 0 Å². The monoisotopic (exact) mass is 252 g/mol. The van der Waals surface area contributed by atoms with Crippen LogP contribution in [0.15, 0.2) is 0 Å². The normalized spacial score (nSPS) is 29.1. The van der Waals surface area contributed by atoms with Crippen LogP contribution in [0, 0.1) is 0 Å². The summed E-state index contributed by atoms with van der Waals surface area (Å²) in [5.41, 5.74) is 0. The minimum atomic E-state index is 0.0519. The van der Waals surface area contributed by atoms with Gasteiger partial charge >= 0.3 is 0 Å². The first-order valence-electron chi connectivity index (χ1n) is 5.64. The molecule has 1 rings (SSSR count). The number of hydrogen-bond donors (Lipinski definition) is 0. The van der Waals surface area contributed by atoms with Crippen LogP contribution in [0.2, 0.25) is 0 Å². The van der Waals surface area contributed by atoms with Gasteiger partial charge in [0.2, 0.25) is 0 Å². The highest BCUT2D eigenvalue weighted by Crippen LogP contribution is 2.31. The van der Waals surface area contributed by atoms with E-state index in [0.717, 1.165) is 12.8 Å². The summed E-state index contributed by atoms with van der Waals surface area (Å²) in [5.74, 6) is 0. The summed E-state index contributed by atoms with van der Waals surface area (Å²) in [6.45, 7) is 2.69. The van der Waals surface area contributed by atoms with Gasteiger partial charge in [-0.2, -0.15) is 0 Å². The lowest BCUT2D eigenvalue weighted by Crippen LogP contribution is -2.50. The van der Waals surface area contributed by atoms with Crippen LogP contribution in [0.3, 0.4) is 0 Å². The van der Waals surface area contributed by atoms with Crippen LogP contribution in [0.25, 0.3) is 0 Å². The molecule has 0 aliphatic heterocycles. The molecule has 4 nitrogen and oxygen atoms in total. The summed E-state index contributed by atoms with van der Waals surface area (Å²) in [6.07, 6.45) is 1.98. The number of rotatable bonds is 9. The van der Waals surface area contributed by atoms with Crippen molar-refractivity contribution in [2.24, 2.45) is 0 Å². The molecule has 0 amide bonds. The largest absolute Gasteiger partial charge is 0.382 e. The molecule has 0 spiro atoms. The maximum Gasteiger partial charge on any atom is 0.0997 e. The lowest BCUT2D eigenvalue weighted by atomic mass is 9.91. The van der Waals surface area contributed by atoms with Crippen molar-refractivity contribution in [1.82, 2.24) is 0 Å². The molecule has 1 saturated carbocycles. The van der Waals surface area contributed by atoms with E-state index < -0.39 is 0 Å². The zero-order valence-corrected chi connectivity index (χ0v) is 10.7. The average Bonchev–Trinajstić information content (AvgIpc) is 2.26. The van der Waals surface area contributed by atoms with Crippen LogP contribution < -0.4 is 0 Å². The van der Waals surface area contributed by atoms with Crippen LogP contribution in [0.1, 0.15) is 12.8 Å². The molecular formula is C11H21ClO4. The quantitative estimate of drug-likeness (QED) is 0.460. The number of ether oxygens (including phenoxy) is 4. The Balaban J connectivity index is 1.88. The molecule has 0 aromatic heterocycles. The molecule has 0 saturated heterocycles. The minimum Gasteiger partial charge on any atom is -0.382 e. The summed E-state index contributed by atoms with van der Waals surface area (Å²) in [5, 5.41) is 0.105. The fraction of sp³-hybridized carbons (Fsp3) is 1.00. The van der Waals surface area contributed by atoms with E-state index in [1.54, 1.807) is 14.2 Å². The second-order valence-corrected chi connectivity index (χ2v) is 4.38. The first-order chi connectivity index (χ1) is 7.79. The van der Waals surface area contributed by atoms with Gasteiger partial charge in [0.15, 0.2) is 0 Å². The van der Waals surface area contributed by atoms with Gasteiger partial charge in [0.25, 0.3) is 0 Å². The average molecular weight is 253 g/mol. The van der Waals surface area contributed by atoms with Crippen LogP contribution in [0.5, 0.6) is 0 Å². The Kier molecular flexibility index (Phi) is 7.32. The van der Waals surface area contributed by atoms with Gasteiger partial charge in [0, 0.05) is 27.4 Å². The molecular weight excluding hydrogens is 232 g/mol. The molecule has 0 aromatic rings. The third-order valence-electron chi connectivity index (χ3n) is 2.65. The Hall–Kier alpha value is 0.130. The molecule has 5 heteroatoms. The van der Waals surface area contributed by atoms with Gasteiger partial charge in [-0.1, -0.05) is 0 Å². The lowest BCUT2D eigenvalue weighted by molar-refractivity contribution is -0.112. The zero-order chi connectivity index (χ0) is 11.8. The number of alkyl halides is 1. The van der Waals surface area contributed by atoms with Crippen molar-refractivity contribution < 1.29 is 18.9 Å². The van der Waals surface area contributed by atoms with Crippen molar-refractivity contribution in [2.45, 2.75) is 30.4 Å². The van der Waals surface area contributed by atoms with E-state index in [2.05, 4.69) is 0 Å². The van der Waals surface area contributed by atoms with E-state index in [1.165, 1.54) is 0 Å². The first kappa shape index (κ1) is 14.2. The smallest absolute Gasteiger partial charge is 0.0997 e. The highest BCUT2D eigenvalue weighted by Gasteiger charge is 2.40. The molecule has 1 fully saturated rings. The Morgan fingerprint density at radius 3 is 2.56 bits per heavy atom. The molecule has 0 heterocycles. The van der Waals surface area contributed by atoms with Gasteiger partial charge in [0.1, 0.15) is 0 Å². The van der Waals surface area contributed by atoms with Crippen molar-refractivity contribution in [3.63, 3.8) is 0 Å². The predicted octanol–water partition coefficient (Wildman–Crippen LogP) is 1.45. The summed E-state index contributed by atoms with van der Waals surface area (Å²) in [4.78, 5) is 0. The molecule has 3 unspecified atom stereocenters. The van der Waals surface area contributed by atoms with Crippen molar-refractivity contribution in [1.29, 1.82) is 0 Å². The molecule has 3 atom stereocenters. The van der Waals surface area contributed by atoms with Gasteiger partial charge in [-0.05, 0) is 12.8 Å². The summed E-state index contributed by atoms with van der Waals surface area (Å²) >= 11 is 5.96. The Morgan fingerprint density at radius 1 is 1.12 bits per heavy atom. The Labute approximate surface area is 102 Å². The highest BCUT2D eigenvalue weighted by molar-refractivity contribution is 6.21. The third-order valence-corrected chi connectivity index (χ3v) is 3.08. The molecule has 96 valence electrons. The van der Waals surface area contributed by atoms with Crippen LogP contribution in [-0.2, 0) is 18.9 Å². The van der Waals surface area contributed by atoms with Gasteiger partial charge in [-0.3, -0.25) is 0 Å². The molecule has 0 bridgehead atoms. The van der Waals surface area contributed by atoms with Gasteiger partial charge in [0.05, 0.1) is 30.8 Å². The SMILES string of the molecule is COCCOCCCOC1CC(Cl)C1OC. The topological polar surface area (TPSA) is 36.9 Å². The van der Waals surface area contributed by atoms with Crippen LogP contribution in [0.4, 0.5) is 0 Å². The van der Waals surface area contributed by atoms with Gasteiger partial charge < -0.3 is 18.9 Å². The van der Waals surface area contributed by atoms with Gasteiger partial charge in [-0.15, -0.1) is 11.6 Å². The van der Waals surface area contributed by atoms with Crippen molar-refractivity contribution in [3.8, 4) is 0 Å². The fourth-order valence-corrected chi connectivity index (χ4v) is 2.07. The molecule has 0 N–H and O–H groups in total. The second kappa shape index (κ2) is 8.25. The van der Waals surface area contributed by atoms with Crippen molar-refractivity contribution in [3.05, 3.63) is 0 Å². The summed E-state index contributed by atoms with van der Waals surface area (Å²) in [7, 11) is 3.33. The lowest BCUT2D eigenvalue weighted by Gasteiger charge is -2.39. The van der Waals surface area contributed by atoms with Crippen LogP contribution >= 0.6 is 11.6 Å². The zero-order valence-electron chi connectivity index (χ0n) is 9.99. The van der Waals surface area contributed by atoms with E-state index in [1.807, 2.05) is 0 Å². The fourth-order valence-electron chi connectivity index (χ4n) is 1.63. The summed E-state index contributed by atoms with van der Waals surface area (Å²) in [6, 6.07) is 0. The first-order valence-corrected chi connectivity index (χ1v) is 6.08. The third kappa shape index (κ3) is 4.55. The Morgan fingerprint density at radius 2 is 1.94 bits per heavy atom. The molecule has 0 aromatic carbocycles. The molecule has 1 aliphatic carbocycles. The van der Waals surface area contributed by atoms with Gasteiger partial charge in [-0.25, -0.2) is 0 Å². The number of methoxy groups -OCH3 is 2. The standard InChI is InChI=1S/C11H21ClO4/c1-13-6-7-15-4-3-5-16-10-8-9(12)11(10)14-2/h9-11H,3-8H2,1-2H3. The van der Waals surface area contributed by atoms with E-state index in [-0.39, 0.29) is 17.6 Å². The van der Waals surface area contributed by atoms with Crippen molar-refractivity contribution >= 4 is 11.6 Å². The van der Waals surface area contributed by atoms with E-state index in [4.69, 9.17) is 30.5 Å². The molecule has 16 heavy (non-hydrogen) atoms. The highest BCUT2D eigenvalue weighted by atomic mass is 35.5. The predicted molar refractivity (Wildman–Crippen MR) is 62.1 cm³/mol. The van der Waals surface area contributed by atoms with E-state index >= 15 is 0 Å². The van der Waals surface area contributed by atoms with Crippen molar-refractivity contribution in [2.75, 3.05) is 40.6 Å². The maximum absolute atomic E-state index is 5.96. The van der Waals surface area contributed by atoms with E-state index in [0.29, 0.717) is 26.4 Å². The van der Waals surface area contributed by atoms with Crippen LogP contribution in [-0.4, -0.2) is 58.2 Å². The molecule has 0 radical (unpaired) electrons. The Bertz CT molecular complexity index is 179. The number of halogens is 1. The number of hydrogen-bond acceptors (Lipinski definition) is 4. The minimum absolute atomic E-state index is 0.0519. The second-order valence-electron chi connectivity index (χ2n) is 3.82.